The van der Waals surface area contributed by atoms with Gasteiger partial charge in [-0.25, -0.2) is 0 Å². The van der Waals surface area contributed by atoms with Crippen molar-refractivity contribution in [3.05, 3.63) is 35.9 Å². The summed E-state index contributed by atoms with van der Waals surface area (Å²) >= 11 is 1.67. The standard InChI is InChI=1S/C26H37N3O4S/c1-4-5-9-12-28-24(32)22-26-16(2)13-19(34-26)20(23(31)27-3)21(26)25(33)29(22)18(15-30)14-17-10-7-6-8-11-17/h6-8,10-11,16,18-22,30H,4-5,9,12-15H2,1-3H3,(H,27,31)(H,28,32)/t16?,18-,19-,20+,21+,22?,26?/m1/s1. The lowest BCUT2D eigenvalue weighted by Gasteiger charge is -2.40. The number of aliphatic hydroxyl groups is 1. The lowest BCUT2D eigenvalue weighted by atomic mass is 9.66. The Bertz CT molecular complexity index is 913. The molecule has 3 N–H and O–H groups in total. The van der Waals surface area contributed by atoms with Crippen molar-refractivity contribution in [1.29, 1.82) is 0 Å². The average molecular weight is 488 g/mol. The molecule has 3 aliphatic rings. The van der Waals surface area contributed by atoms with Crippen molar-refractivity contribution in [2.24, 2.45) is 17.8 Å². The van der Waals surface area contributed by atoms with Crippen molar-refractivity contribution in [3.8, 4) is 0 Å². The molecule has 34 heavy (non-hydrogen) atoms. The number of hydrogen-bond donors (Lipinski definition) is 3. The number of benzene rings is 1. The zero-order valence-corrected chi connectivity index (χ0v) is 21.1. The van der Waals surface area contributed by atoms with Gasteiger partial charge in [0.2, 0.25) is 17.7 Å². The van der Waals surface area contributed by atoms with Gasteiger partial charge in [0.25, 0.3) is 0 Å². The molecule has 0 radical (unpaired) electrons. The molecule has 186 valence electrons. The molecule has 8 heteroatoms. The first-order valence-corrected chi connectivity index (χ1v) is 13.4. The quantitative estimate of drug-likeness (QED) is 0.439. The largest absolute Gasteiger partial charge is 0.394 e. The van der Waals surface area contributed by atoms with Gasteiger partial charge in [0, 0.05) is 18.8 Å². The van der Waals surface area contributed by atoms with Crippen molar-refractivity contribution < 1.29 is 19.5 Å². The minimum absolute atomic E-state index is 0.0307. The number of nitrogens with one attached hydrogen (secondary N) is 2. The first-order chi connectivity index (χ1) is 16.4. The third-order valence-electron chi connectivity index (χ3n) is 7.98. The molecule has 0 saturated carbocycles. The van der Waals surface area contributed by atoms with Crippen molar-refractivity contribution >= 4 is 29.5 Å². The maximum atomic E-state index is 14.1. The molecule has 3 fully saturated rings. The van der Waals surface area contributed by atoms with E-state index in [1.807, 2.05) is 30.3 Å². The van der Waals surface area contributed by atoms with Crippen LogP contribution in [-0.2, 0) is 20.8 Å². The predicted octanol–water partition coefficient (Wildman–Crippen LogP) is 1.98. The maximum Gasteiger partial charge on any atom is 0.244 e. The van der Waals surface area contributed by atoms with Gasteiger partial charge < -0.3 is 20.6 Å². The normalized spacial score (nSPS) is 32.5. The molecule has 7 atom stereocenters. The van der Waals surface area contributed by atoms with Crippen LogP contribution in [0, 0.1) is 17.8 Å². The average Bonchev–Trinajstić information content (AvgIpc) is 3.44. The van der Waals surface area contributed by atoms with E-state index in [0.717, 1.165) is 31.2 Å². The third-order valence-corrected chi connectivity index (χ3v) is 10.1. The lowest BCUT2D eigenvalue weighted by Crippen LogP contribution is -2.59. The van der Waals surface area contributed by atoms with Crippen LogP contribution in [0.2, 0.25) is 0 Å². The summed E-state index contributed by atoms with van der Waals surface area (Å²) in [5, 5.41) is 16.3. The fourth-order valence-electron chi connectivity index (χ4n) is 6.44. The number of aliphatic hydroxyl groups excluding tert-OH is 1. The van der Waals surface area contributed by atoms with Crippen LogP contribution < -0.4 is 10.6 Å². The third kappa shape index (κ3) is 4.02. The van der Waals surface area contributed by atoms with E-state index in [-0.39, 0.29) is 35.5 Å². The molecule has 0 aromatic heterocycles. The summed E-state index contributed by atoms with van der Waals surface area (Å²) in [5.74, 6) is -1.34. The van der Waals surface area contributed by atoms with Gasteiger partial charge >= 0.3 is 0 Å². The van der Waals surface area contributed by atoms with Crippen LogP contribution in [0.4, 0.5) is 0 Å². The number of likely N-dealkylation sites (tertiary alicyclic amines) is 1. The van der Waals surface area contributed by atoms with E-state index in [4.69, 9.17) is 0 Å². The highest BCUT2D eigenvalue weighted by molar-refractivity contribution is 8.02. The second-order valence-corrected chi connectivity index (χ2v) is 11.5. The molecule has 1 aromatic rings. The summed E-state index contributed by atoms with van der Waals surface area (Å²) in [6.45, 7) is 4.55. The molecule has 3 amide bonds. The Morgan fingerprint density at radius 1 is 1.24 bits per heavy atom. The van der Waals surface area contributed by atoms with E-state index in [9.17, 15) is 19.5 Å². The fraction of sp³-hybridized carbons (Fsp3) is 0.654. The van der Waals surface area contributed by atoms with Gasteiger partial charge in [-0.2, -0.15) is 0 Å². The SMILES string of the molecule is CCCCCNC(=O)C1N([C@@H](CO)Cc2ccccc2)C(=O)[C@@H]2[C@@H](C(=O)NC)[C@H]3CC(C)C12S3. The molecule has 2 bridgehead atoms. The second kappa shape index (κ2) is 10.3. The fourth-order valence-corrected chi connectivity index (χ4v) is 8.85. The maximum absolute atomic E-state index is 14.1. The molecular formula is C26H37N3O4S. The summed E-state index contributed by atoms with van der Waals surface area (Å²) in [5.41, 5.74) is 0.999. The Balaban J connectivity index is 1.72. The number of fused-ring (bicyclic) bond motifs is 1. The summed E-state index contributed by atoms with van der Waals surface area (Å²) in [6, 6.07) is 8.51. The van der Waals surface area contributed by atoms with Crippen LogP contribution in [0.5, 0.6) is 0 Å². The Morgan fingerprint density at radius 3 is 2.62 bits per heavy atom. The van der Waals surface area contributed by atoms with Gasteiger partial charge in [0.1, 0.15) is 6.04 Å². The number of rotatable bonds is 10. The summed E-state index contributed by atoms with van der Waals surface area (Å²) in [6.07, 6.45) is 4.24. The van der Waals surface area contributed by atoms with E-state index >= 15 is 0 Å². The zero-order valence-electron chi connectivity index (χ0n) is 20.3. The minimum atomic E-state index is -0.702. The summed E-state index contributed by atoms with van der Waals surface area (Å²) in [7, 11) is 1.61. The number of carbonyl (C=O) groups is 3. The molecule has 7 nitrogen and oxygen atoms in total. The number of nitrogens with zero attached hydrogens (tertiary/aromatic N) is 1. The van der Waals surface area contributed by atoms with Crippen LogP contribution in [0.1, 0.15) is 45.1 Å². The molecular weight excluding hydrogens is 450 g/mol. The highest BCUT2D eigenvalue weighted by atomic mass is 32.2. The molecule has 3 heterocycles. The predicted molar refractivity (Wildman–Crippen MR) is 133 cm³/mol. The molecule has 3 aliphatic heterocycles. The van der Waals surface area contributed by atoms with Gasteiger partial charge in [-0.3, -0.25) is 14.4 Å². The lowest BCUT2D eigenvalue weighted by molar-refractivity contribution is -0.142. The number of amides is 3. The molecule has 1 aromatic carbocycles. The smallest absolute Gasteiger partial charge is 0.244 e. The van der Waals surface area contributed by atoms with E-state index in [1.54, 1.807) is 23.7 Å². The summed E-state index contributed by atoms with van der Waals surface area (Å²) in [4.78, 5) is 42.4. The van der Waals surface area contributed by atoms with Gasteiger partial charge in [-0.05, 0) is 30.7 Å². The number of hydrogen-bond acceptors (Lipinski definition) is 5. The van der Waals surface area contributed by atoms with Crippen molar-refractivity contribution in [2.75, 3.05) is 20.2 Å². The van der Waals surface area contributed by atoms with E-state index in [1.165, 1.54) is 0 Å². The van der Waals surface area contributed by atoms with Crippen molar-refractivity contribution in [3.63, 3.8) is 0 Å². The van der Waals surface area contributed by atoms with E-state index in [0.29, 0.717) is 13.0 Å². The Labute approximate surface area is 206 Å². The number of thioether (sulfide) groups is 1. The van der Waals surface area contributed by atoms with Crippen molar-refractivity contribution in [2.45, 2.75) is 68.0 Å². The molecule has 0 aliphatic carbocycles. The highest BCUT2D eigenvalue weighted by Crippen LogP contribution is 2.68. The molecule has 3 saturated heterocycles. The second-order valence-electron chi connectivity index (χ2n) is 9.94. The van der Waals surface area contributed by atoms with Gasteiger partial charge in [0.15, 0.2) is 0 Å². The van der Waals surface area contributed by atoms with E-state index < -0.39 is 28.7 Å². The van der Waals surface area contributed by atoms with Crippen LogP contribution in [-0.4, -0.2) is 70.0 Å². The van der Waals surface area contributed by atoms with Gasteiger partial charge in [-0.1, -0.05) is 57.0 Å². The summed E-state index contributed by atoms with van der Waals surface area (Å²) < 4.78 is -0.655. The molecule has 1 spiro atoms. The Morgan fingerprint density at radius 2 is 1.97 bits per heavy atom. The van der Waals surface area contributed by atoms with Gasteiger partial charge in [0.05, 0.1) is 29.2 Å². The molecule has 4 rings (SSSR count). The van der Waals surface area contributed by atoms with Crippen LogP contribution in [0.3, 0.4) is 0 Å². The molecule has 3 unspecified atom stereocenters. The first kappa shape index (κ1) is 25.0. The first-order valence-electron chi connectivity index (χ1n) is 12.5. The van der Waals surface area contributed by atoms with Crippen LogP contribution in [0.15, 0.2) is 30.3 Å². The Kier molecular flexibility index (Phi) is 7.57. The van der Waals surface area contributed by atoms with E-state index in [2.05, 4.69) is 24.5 Å². The minimum Gasteiger partial charge on any atom is -0.394 e. The van der Waals surface area contributed by atoms with Crippen LogP contribution in [0.25, 0.3) is 0 Å². The number of carbonyl (C=O) groups excluding carboxylic acids is 3. The number of unbranched alkanes of at least 4 members (excludes halogenated alkanes) is 2. The Hall–Kier alpha value is -2.06. The van der Waals surface area contributed by atoms with Crippen LogP contribution >= 0.6 is 11.8 Å². The van der Waals surface area contributed by atoms with Crippen molar-refractivity contribution in [1.82, 2.24) is 15.5 Å². The monoisotopic (exact) mass is 487 g/mol. The topological polar surface area (TPSA) is 98.7 Å². The highest BCUT2D eigenvalue weighted by Gasteiger charge is 2.76. The van der Waals surface area contributed by atoms with Gasteiger partial charge in [-0.15, -0.1) is 11.8 Å². The zero-order chi connectivity index (χ0) is 24.5.